The van der Waals surface area contributed by atoms with Crippen molar-refractivity contribution >= 4 is 29.4 Å². The van der Waals surface area contributed by atoms with Gasteiger partial charge in [0.05, 0.1) is 18.6 Å². The summed E-state index contributed by atoms with van der Waals surface area (Å²) in [5.41, 5.74) is 0. The summed E-state index contributed by atoms with van der Waals surface area (Å²) >= 11 is 1.28. The number of rotatable bonds is 7. The van der Waals surface area contributed by atoms with Crippen molar-refractivity contribution in [3.8, 4) is 0 Å². The molecule has 120 valence electrons. The number of furan rings is 1. The zero-order valence-corrected chi connectivity index (χ0v) is 13.1. The van der Waals surface area contributed by atoms with Crippen LogP contribution in [0.15, 0.2) is 40.0 Å². The normalized spacial score (nSPS) is 13.6. The second-order valence-corrected chi connectivity index (χ2v) is 6.16. The summed E-state index contributed by atoms with van der Waals surface area (Å²) < 4.78 is 5.13. The lowest BCUT2D eigenvalue weighted by Crippen LogP contribution is -2.24. The maximum Gasteiger partial charge on any atom is 0.230 e. The molecular weight excluding hydrogens is 316 g/mol. The van der Waals surface area contributed by atoms with Crippen molar-refractivity contribution in [2.24, 2.45) is 5.92 Å². The molecule has 1 saturated carbocycles. The van der Waals surface area contributed by atoms with Crippen LogP contribution in [-0.4, -0.2) is 27.8 Å². The Morgan fingerprint density at radius 1 is 1.26 bits per heavy atom. The highest BCUT2D eigenvalue weighted by Crippen LogP contribution is 2.29. The summed E-state index contributed by atoms with van der Waals surface area (Å²) in [6, 6.07) is 7.00. The fourth-order valence-corrected chi connectivity index (χ4v) is 2.47. The zero-order valence-electron chi connectivity index (χ0n) is 12.3. The van der Waals surface area contributed by atoms with Crippen LogP contribution in [0, 0.1) is 5.92 Å². The van der Waals surface area contributed by atoms with Crippen LogP contribution in [-0.2, 0) is 16.1 Å². The van der Waals surface area contributed by atoms with E-state index in [9.17, 15) is 9.59 Å². The van der Waals surface area contributed by atoms with Gasteiger partial charge in [-0.25, -0.2) is 0 Å². The van der Waals surface area contributed by atoms with Gasteiger partial charge in [0.25, 0.3) is 0 Å². The zero-order chi connectivity index (χ0) is 16.1. The van der Waals surface area contributed by atoms with E-state index in [0.29, 0.717) is 23.1 Å². The van der Waals surface area contributed by atoms with Gasteiger partial charge in [0.2, 0.25) is 11.8 Å². The van der Waals surface area contributed by atoms with Gasteiger partial charge in [-0.15, -0.1) is 10.2 Å². The number of carbonyl (C=O) groups excluding carboxylic acids is 2. The second-order valence-electron chi connectivity index (χ2n) is 5.17. The molecule has 1 fully saturated rings. The van der Waals surface area contributed by atoms with Crippen LogP contribution in [0.2, 0.25) is 0 Å². The van der Waals surface area contributed by atoms with E-state index in [1.165, 1.54) is 11.8 Å². The van der Waals surface area contributed by atoms with E-state index in [1.807, 2.05) is 0 Å². The van der Waals surface area contributed by atoms with Crippen LogP contribution in [0.3, 0.4) is 0 Å². The number of nitrogens with zero attached hydrogens (tertiary/aromatic N) is 2. The molecule has 0 saturated heterocycles. The standard InChI is InChI=1S/C15H16N4O3S/c20-13(16-8-11-2-1-7-22-11)9-23-14-6-5-12(18-19-14)17-15(21)10-3-4-10/h1-2,5-7,10H,3-4,8-9H2,(H,16,20)(H,17,18,21). The number of nitrogens with one attached hydrogen (secondary N) is 2. The Labute approximate surface area is 137 Å². The predicted octanol–water partition coefficient (Wildman–Crippen LogP) is 1.83. The van der Waals surface area contributed by atoms with Gasteiger partial charge in [0.1, 0.15) is 10.8 Å². The van der Waals surface area contributed by atoms with E-state index in [0.717, 1.165) is 12.8 Å². The monoisotopic (exact) mass is 332 g/mol. The molecule has 2 aromatic rings. The Hall–Kier alpha value is -2.35. The van der Waals surface area contributed by atoms with Gasteiger partial charge < -0.3 is 15.1 Å². The summed E-state index contributed by atoms with van der Waals surface area (Å²) in [5.74, 6) is 1.40. The molecular formula is C15H16N4O3S. The molecule has 1 aliphatic rings. The number of hydrogen-bond donors (Lipinski definition) is 2. The minimum atomic E-state index is -0.112. The molecule has 0 aromatic carbocycles. The van der Waals surface area contributed by atoms with E-state index < -0.39 is 0 Å². The number of carbonyl (C=O) groups is 2. The van der Waals surface area contributed by atoms with Gasteiger partial charge in [0.15, 0.2) is 5.82 Å². The summed E-state index contributed by atoms with van der Waals surface area (Å²) in [6.07, 6.45) is 3.45. The highest BCUT2D eigenvalue weighted by Gasteiger charge is 2.29. The predicted molar refractivity (Wildman–Crippen MR) is 84.7 cm³/mol. The Kier molecular flexibility index (Phi) is 4.92. The molecule has 1 aliphatic carbocycles. The van der Waals surface area contributed by atoms with E-state index in [-0.39, 0.29) is 23.5 Å². The van der Waals surface area contributed by atoms with Gasteiger partial charge in [0, 0.05) is 5.92 Å². The molecule has 0 spiro atoms. The molecule has 0 atom stereocenters. The molecule has 23 heavy (non-hydrogen) atoms. The van der Waals surface area contributed by atoms with Gasteiger partial charge in [-0.05, 0) is 37.1 Å². The van der Waals surface area contributed by atoms with Crippen LogP contribution >= 0.6 is 11.8 Å². The van der Waals surface area contributed by atoms with Crippen molar-refractivity contribution in [3.05, 3.63) is 36.3 Å². The van der Waals surface area contributed by atoms with Gasteiger partial charge in [-0.3, -0.25) is 9.59 Å². The van der Waals surface area contributed by atoms with Crippen LogP contribution < -0.4 is 10.6 Å². The van der Waals surface area contributed by atoms with Gasteiger partial charge in [-0.2, -0.15) is 0 Å². The molecule has 0 aliphatic heterocycles. The molecule has 0 unspecified atom stereocenters. The minimum Gasteiger partial charge on any atom is -0.467 e. The number of anilines is 1. The first-order chi connectivity index (χ1) is 11.2. The smallest absolute Gasteiger partial charge is 0.230 e. The van der Waals surface area contributed by atoms with Gasteiger partial charge in [-0.1, -0.05) is 11.8 Å². The van der Waals surface area contributed by atoms with Crippen molar-refractivity contribution in [2.45, 2.75) is 24.4 Å². The van der Waals surface area contributed by atoms with Crippen molar-refractivity contribution < 1.29 is 14.0 Å². The van der Waals surface area contributed by atoms with Crippen molar-refractivity contribution in [2.75, 3.05) is 11.1 Å². The Morgan fingerprint density at radius 2 is 2.13 bits per heavy atom. The third kappa shape index (κ3) is 4.82. The lowest BCUT2D eigenvalue weighted by Gasteiger charge is -2.04. The Bertz CT molecular complexity index is 669. The topological polar surface area (TPSA) is 97.1 Å². The number of amides is 2. The largest absolute Gasteiger partial charge is 0.467 e. The first-order valence-electron chi connectivity index (χ1n) is 7.27. The van der Waals surface area contributed by atoms with Crippen LogP contribution in [0.25, 0.3) is 0 Å². The molecule has 0 bridgehead atoms. The lowest BCUT2D eigenvalue weighted by molar-refractivity contribution is -0.119. The summed E-state index contributed by atoms with van der Waals surface area (Å²) in [6.45, 7) is 0.365. The van der Waals surface area contributed by atoms with Crippen LogP contribution in [0.1, 0.15) is 18.6 Å². The first-order valence-corrected chi connectivity index (χ1v) is 8.26. The SMILES string of the molecule is O=C(CSc1ccc(NC(=O)C2CC2)nn1)NCc1ccco1. The molecule has 2 N–H and O–H groups in total. The van der Waals surface area contributed by atoms with E-state index >= 15 is 0 Å². The van der Waals surface area contributed by atoms with E-state index in [4.69, 9.17) is 4.42 Å². The van der Waals surface area contributed by atoms with Crippen LogP contribution in [0.4, 0.5) is 5.82 Å². The molecule has 2 heterocycles. The van der Waals surface area contributed by atoms with E-state index in [2.05, 4.69) is 20.8 Å². The minimum absolute atomic E-state index is 0.00277. The highest BCUT2D eigenvalue weighted by atomic mass is 32.2. The molecule has 2 aromatic heterocycles. The molecule has 2 amide bonds. The second kappa shape index (κ2) is 7.28. The van der Waals surface area contributed by atoms with Crippen molar-refractivity contribution in [1.29, 1.82) is 0 Å². The molecule has 7 nitrogen and oxygen atoms in total. The summed E-state index contributed by atoms with van der Waals surface area (Å²) in [5, 5.41) is 14.0. The quantitative estimate of drug-likeness (QED) is 0.751. The maximum absolute atomic E-state index is 11.7. The van der Waals surface area contributed by atoms with E-state index in [1.54, 1.807) is 30.5 Å². The lowest BCUT2D eigenvalue weighted by atomic mass is 10.4. The Balaban J connectivity index is 1.40. The number of thioether (sulfide) groups is 1. The molecule has 8 heteroatoms. The van der Waals surface area contributed by atoms with Crippen LogP contribution in [0.5, 0.6) is 0 Å². The third-order valence-electron chi connectivity index (χ3n) is 3.23. The highest BCUT2D eigenvalue weighted by molar-refractivity contribution is 7.99. The van der Waals surface area contributed by atoms with Crippen molar-refractivity contribution in [3.63, 3.8) is 0 Å². The maximum atomic E-state index is 11.7. The Morgan fingerprint density at radius 3 is 2.78 bits per heavy atom. The van der Waals surface area contributed by atoms with Gasteiger partial charge >= 0.3 is 0 Å². The average molecular weight is 332 g/mol. The number of aromatic nitrogens is 2. The van der Waals surface area contributed by atoms with Crippen molar-refractivity contribution in [1.82, 2.24) is 15.5 Å². The molecule has 3 rings (SSSR count). The average Bonchev–Trinajstić information content (AvgIpc) is 3.29. The summed E-state index contributed by atoms with van der Waals surface area (Å²) in [4.78, 5) is 23.3. The number of hydrogen-bond acceptors (Lipinski definition) is 6. The first kappa shape index (κ1) is 15.5. The summed E-state index contributed by atoms with van der Waals surface area (Å²) in [7, 11) is 0. The fourth-order valence-electron chi connectivity index (χ4n) is 1.83. The fraction of sp³-hybridized carbons (Fsp3) is 0.333. The third-order valence-corrected chi connectivity index (χ3v) is 4.15. The molecule has 0 radical (unpaired) electrons.